The van der Waals surface area contributed by atoms with E-state index in [2.05, 4.69) is 22.0 Å². The number of H-pyrrole nitrogens is 2. The number of carbonyl (C=O) groups excluding carboxylic acids is 1. The minimum atomic E-state index is -0.182. The Morgan fingerprint density at radius 3 is 3.12 bits per heavy atom. The van der Waals surface area contributed by atoms with Gasteiger partial charge in [-0.15, -0.1) is 0 Å². The van der Waals surface area contributed by atoms with Gasteiger partial charge < -0.3 is 9.88 Å². The van der Waals surface area contributed by atoms with Gasteiger partial charge in [0.25, 0.3) is 5.56 Å². The molecule has 0 saturated carbocycles. The molecule has 0 unspecified atom stereocenters. The third-order valence-electron chi connectivity index (χ3n) is 5.10. The number of aromatic amines is 2. The lowest BCUT2D eigenvalue weighted by Gasteiger charge is -2.37. The molecule has 3 aromatic heterocycles. The number of likely N-dealkylation sites (tertiary alicyclic amines) is 1. The van der Waals surface area contributed by atoms with Crippen molar-refractivity contribution < 1.29 is 4.79 Å². The number of nitriles is 1. The SMILES string of the molecule is C[C@H]1CCN(C(=O)CC#N)C[C@@H]1n1[nH]c(=O)c2cnc3[nH]ccc3c21. The Balaban J connectivity index is 1.82. The number of piperidine rings is 1. The van der Waals surface area contributed by atoms with Crippen molar-refractivity contribution in [3.8, 4) is 6.07 Å². The number of aromatic nitrogens is 4. The van der Waals surface area contributed by atoms with E-state index >= 15 is 0 Å². The standard InChI is InChI=1S/C17H18N6O2/c1-10-4-7-22(14(24)2-5-18)9-13(10)23-15-11-3-6-19-16(11)20-8-12(15)17(25)21-23/h3,6,8,10,13H,2,4,7,9H2,1H3,(H,19,20)(H,21,25)/t10-,13-/m0/s1. The van der Waals surface area contributed by atoms with E-state index in [1.165, 1.54) is 0 Å². The van der Waals surface area contributed by atoms with Gasteiger partial charge in [0.2, 0.25) is 5.91 Å². The largest absolute Gasteiger partial charge is 0.346 e. The number of hydrogen-bond acceptors (Lipinski definition) is 4. The predicted molar refractivity (Wildman–Crippen MR) is 91.8 cm³/mol. The van der Waals surface area contributed by atoms with E-state index < -0.39 is 0 Å². The van der Waals surface area contributed by atoms with E-state index in [9.17, 15) is 9.59 Å². The Hall–Kier alpha value is -3.08. The highest BCUT2D eigenvalue weighted by atomic mass is 16.2. The number of hydrogen-bond donors (Lipinski definition) is 2. The molecule has 1 saturated heterocycles. The summed E-state index contributed by atoms with van der Waals surface area (Å²) < 4.78 is 1.88. The van der Waals surface area contributed by atoms with Crippen LogP contribution >= 0.6 is 0 Å². The molecule has 2 N–H and O–H groups in total. The highest BCUT2D eigenvalue weighted by molar-refractivity contribution is 6.02. The highest BCUT2D eigenvalue weighted by Gasteiger charge is 2.31. The molecule has 8 heteroatoms. The van der Waals surface area contributed by atoms with E-state index in [-0.39, 0.29) is 23.9 Å². The van der Waals surface area contributed by atoms with Crippen molar-refractivity contribution in [1.29, 1.82) is 5.26 Å². The summed E-state index contributed by atoms with van der Waals surface area (Å²) in [4.78, 5) is 33.6. The molecule has 4 rings (SSSR count). The molecule has 0 bridgehead atoms. The Bertz CT molecular complexity index is 1050. The molecule has 1 aliphatic heterocycles. The molecular weight excluding hydrogens is 320 g/mol. The van der Waals surface area contributed by atoms with Crippen LogP contribution in [0.25, 0.3) is 21.9 Å². The van der Waals surface area contributed by atoms with Crippen LogP contribution < -0.4 is 5.56 Å². The molecule has 1 amide bonds. The van der Waals surface area contributed by atoms with Crippen LogP contribution in [0.3, 0.4) is 0 Å². The first kappa shape index (κ1) is 15.4. The molecule has 2 atom stereocenters. The van der Waals surface area contributed by atoms with Crippen molar-refractivity contribution in [3.05, 3.63) is 28.8 Å². The van der Waals surface area contributed by atoms with Gasteiger partial charge in [-0.25, -0.2) is 4.98 Å². The number of pyridine rings is 1. The zero-order valence-electron chi connectivity index (χ0n) is 13.8. The second kappa shape index (κ2) is 5.77. The minimum Gasteiger partial charge on any atom is -0.346 e. The quantitative estimate of drug-likeness (QED) is 0.738. The van der Waals surface area contributed by atoms with E-state index in [0.29, 0.717) is 24.4 Å². The topological polar surface area (TPSA) is 111 Å². The third-order valence-corrected chi connectivity index (χ3v) is 5.10. The Labute approximate surface area is 143 Å². The van der Waals surface area contributed by atoms with Gasteiger partial charge in [-0.3, -0.25) is 19.4 Å². The van der Waals surface area contributed by atoms with Gasteiger partial charge >= 0.3 is 0 Å². The van der Waals surface area contributed by atoms with Gasteiger partial charge in [-0.2, -0.15) is 5.26 Å². The first-order valence-electron chi connectivity index (χ1n) is 8.31. The van der Waals surface area contributed by atoms with Crippen LogP contribution in [0.4, 0.5) is 0 Å². The summed E-state index contributed by atoms with van der Waals surface area (Å²) in [6, 6.07) is 3.77. The fourth-order valence-electron chi connectivity index (χ4n) is 3.68. The molecule has 0 aromatic carbocycles. The number of carbonyl (C=O) groups is 1. The summed E-state index contributed by atoms with van der Waals surface area (Å²) in [5, 5.41) is 13.1. The normalized spacial score (nSPS) is 20.9. The first-order chi connectivity index (χ1) is 12.1. The van der Waals surface area contributed by atoms with Crippen LogP contribution in [0, 0.1) is 17.2 Å². The molecule has 0 radical (unpaired) electrons. The van der Waals surface area contributed by atoms with Crippen LogP contribution in [0.15, 0.2) is 23.3 Å². The molecule has 0 spiro atoms. The maximum Gasteiger partial charge on any atom is 0.273 e. The molecule has 1 fully saturated rings. The summed E-state index contributed by atoms with van der Waals surface area (Å²) in [6.45, 7) is 3.24. The maximum absolute atomic E-state index is 12.4. The van der Waals surface area contributed by atoms with E-state index in [4.69, 9.17) is 5.26 Å². The van der Waals surface area contributed by atoms with Crippen molar-refractivity contribution in [2.45, 2.75) is 25.8 Å². The van der Waals surface area contributed by atoms with Gasteiger partial charge in [0, 0.05) is 30.9 Å². The fraction of sp³-hybridized carbons (Fsp3) is 0.412. The van der Waals surface area contributed by atoms with E-state index in [1.54, 1.807) is 17.3 Å². The van der Waals surface area contributed by atoms with E-state index in [0.717, 1.165) is 23.0 Å². The lowest BCUT2D eigenvalue weighted by atomic mass is 9.93. The monoisotopic (exact) mass is 338 g/mol. The van der Waals surface area contributed by atoms with Gasteiger partial charge in [0.1, 0.15) is 12.1 Å². The molecule has 1 aliphatic rings. The average Bonchev–Trinajstić information content (AvgIpc) is 3.20. The summed E-state index contributed by atoms with van der Waals surface area (Å²) in [7, 11) is 0. The van der Waals surface area contributed by atoms with Crippen molar-refractivity contribution in [2.24, 2.45) is 5.92 Å². The Kier molecular flexibility index (Phi) is 3.57. The molecule has 4 heterocycles. The van der Waals surface area contributed by atoms with Crippen LogP contribution in [0.2, 0.25) is 0 Å². The summed E-state index contributed by atoms with van der Waals surface area (Å²) in [5.74, 6) is 0.131. The predicted octanol–water partition coefficient (Wildman–Crippen LogP) is 1.53. The molecular formula is C17H18N6O2. The lowest BCUT2D eigenvalue weighted by molar-refractivity contribution is -0.132. The zero-order valence-corrected chi connectivity index (χ0v) is 13.8. The first-order valence-corrected chi connectivity index (χ1v) is 8.31. The van der Waals surface area contributed by atoms with Crippen molar-refractivity contribution in [1.82, 2.24) is 24.6 Å². The molecule has 3 aromatic rings. The van der Waals surface area contributed by atoms with Crippen LogP contribution in [-0.2, 0) is 4.79 Å². The van der Waals surface area contributed by atoms with Crippen molar-refractivity contribution in [2.75, 3.05) is 13.1 Å². The number of fused-ring (bicyclic) bond motifs is 3. The molecule has 0 aliphatic carbocycles. The van der Waals surface area contributed by atoms with Gasteiger partial charge in [0.15, 0.2) is 0 Å². The number of amides is 1. The van der Waals surface area contributed by atoms with Crippen LogP contribution in [0.5, 0.6) is 0 Å². The minimum absolute atomic E-state index is 0.0536. The number of nitrogens with one attached hydrogen (secondary N) is 2. The van der Waals surface area contributed by atoms with E-state index in [1.807, 2.05) is 16.8 Å². The maximum atomic E-state index is 12.4. The van der Waals surface area contributed by atoms with Crippen molar-refractivity contribution in [3.63, 3.8) is 0 Å². The second-order valence-corrected chi connectivity index (χ2v) is 6.58. The average molecular weight is 338 g/mol. The highest BCUT2D eigenvalue weighted by Crippen LogP contribution is 2.31. The van der Waals surface area contributed by atoms with Gasteiger partial charge in [-0.05, 0) is 18.4 Å². The summed E-state index contributed by atoms with van der Waals surface area (Å²) >= 11 is 0. The molecule has 8 nitrogen and oxygen atoms in total. The van der Waals surface area contributed by atoms with Gasteiger partial charge in [-0.1, -0.05) is 6.92 Å². The lowest BCUT2D eigenvalue weighted by Crippen LogP contribution is -2.44. The number of nitrogens with zero attached hydrogens (tertiary/aromatic N) is 4. The molecule has 25 heavy (non-hydrogen) atoms. The fourth-order valence-corrected chi connectivity index (χ4v) is 3.68. The summed E-state index contributed by atoms with van der Waals surface area (Å²) in [6.07, 6.45) is 4.09. The Morgan fingerprint density at radius 2 is 2.32 bits per heavy atom. The van der Waals surface area contributed by atoms with Crippen LogP contribution in [0.1, 0.15) is 25.8 Å². The summed E-state index contributed by atoms with van der Waals surface area (Å²) in [5.41, 5.74) is 1.35. The van der Waals surface area contributed by atoms with Crippen molar-refractivity contribution >= 4 is 27.8 Å². The molecule has 128 valence electrons. The third kappa shape index (κ3) is 2.39. The number of rotatable bonds is 2. The Morgan fingerprint density at radius 1 is 1.48 bits per heavy atom. The second-order valence-electron chi connectivity index (χ2n) is 6.58. The smallest absolute Gasteiger partial charge is 0.273 e. The van der Waals surface area contributed by atoms with Gasteiger partial charge in [0.05, 0.1) is 23.0 Å². The zero-order chi connectivity index (χ0) is 17.6. The van der Waals surface area contributed by atoms with Crippen LogP contribution in [-0.4, -0.2) is 43.6 Å².